The van der Waals surface area contributed by atoms with Crippen LogP contribution in [0, 0.1) is 0 Å². The molecule has 0 aromatic carbocycles. The number of carbonyl (C=O) groups is 2. The van der Waals surface area contributed by atoms with Crippen LogP contribution in [0.2, 0.25) is 39.3 Å². The lowest BCUT2D eigenvalue weighted by Gasteiger charge is -2.31. The van der Waals surface area contributed by atoms with Crippen molar-refractivity contribution in [2.24, 2.45) is 0 Å². The molecule has 0 aliphatic carbocycles. The number of carboxylic acid groups (broad SMARTS) is 2. The maximum absolute atomic E-state index is 11.2. The molecule has 0 aliphatic rings. The van der Waals surface area contributed by atoms with Gasteiger partial charge in [-0.2, -0.15) is 0 Å². The van der Waals surface area contributed by atoms with Crippen molar-refractivity contribution >= 4 is 28.6 Å². The Morgan fingerprint density at radius 3 is 1.11 bits per heavy atom. The lowest BCUT2D eigenvalue weighted by atomic mass is 10.2. The lowest BCUT2D eigenvalue weighted by molar-refractivity contribution is -0.162. The van der Waals surface area contributed by atoms with Crippen molar-refractivity contribution < 1.29 is 28.7 Å². The average molecular weight is 294 g/mol. The second-order valence-corrected chi connectivity index (χ2v) is 14.9. The number of aliphatic carboxylic acids is 2. The van der Waals surface area contributed by atoms with E-state index in [2.05, 4.69) is 0 Å². The number of hydrogen-bond acceptors (Lipinski definition) is 4. The Bertz CT molecular complexity index is 285. The van der Waals surface area contributed by atoms with Gasteiger partial charge >= 0.3 is 11.9 Å². The van der Waals surface area contributed by atoms with Crippen LogP contribution >= 0.6 is 0 Å². The zero-order valence-electron chi connectivity index (χ0n) is 11.7. The monoisotopic (exact) mass is 294 g/mol. The summed E-state index contributed by atoms with van der Waals surface area (Å²) in [5.74, 6) is -2.61. The minimum absolute atomic E-state index is 1.30. The molecule has 6 nitrogen and oxygen atoms in total. The fourth-order valence-corrected chi connectivity index (χ4v) is 3.22. The Kier molecular flexibility index (Phi) is 5.72. The predicted octanol–water partition coefficient (Wildman–Crippen LogP) is 1.60. The van der Waals surface area contributed by atoms with Gasteiger partial charge in [0.15, 0.2) is 28.8 Å². The van der Waals surface area contributed by atoms with Gasteiger partial charge in [0.05, 0.1) is 0 Å². The molecule has 0 rings (SSSR count). The molecule has 0 aliphatic heterocycles. The fourth-order valence-electron chi connectivity index (χ4n) is 1.25. The summed E-state index contributed by atoms with van der Waals surface area (Å²) < 4.78 is 10.8. The standard InChI is InChI=1S/C10H22O6Si2/c1-17(2,3)15-7(9(11)12)8(10(13)14)16-18(4,5)6/h7-8H,1-6H3,(H,11,12)(H,13,14)/t7-,8-/m0/s1. The second-order valence-electron chi connectivity index (χ2n) is 5.98. The van der Waals surface area contributed by atoms with E-state index in [1.54, 1.807) is 39.3 Å². The Morgan fingerprint density at radius 1 is 0.778 bits per heavy atom. The molecule has 0 unspecified atom stereocenters. The van der Waals surface area contributed by atoms with Crippen LogP contribution in [0.1, 0.15) is 0 Å². The van der Waals surface area contributed by atoms with E-state index in [4.69, 9.17) is 19.1 Å². The summed E-state index contributed by atoms with van der Waals surface area (Å²) in [5, 5.41) is 18.2. The molecular formula is C10H22O6Si2. The van der Waals surface area contributed by atoms with Crippen LogP contribution in [-0.4, -0.2) is 51.0 Å². The topological polar surface area (TPSA) is 93.1 Å². The number of hydrogen-bond donors (Lipinski definition) is 2. The first-order valence-corrected chi connectivity index (χ1v) is 12.5. The van der Waals surface area contributed by atoms with Gasteiger partial charge in [0, 0.05) is 0 Å². The van der Waals surface area contributed by atoms with E-state index in [1.807, 2.05) is 0 Å². The highest BCUT2D eigenvalue weighted by Gasteiger charge is 2.41. The zero-order valence-corrected chi connectivity index (χ0v) is 13.7. The Balaban J connectivity index is 5.13. The molecule has 0 saturated carbocycles. The number of carboxylic acids is 2. The molecule has 2 atom stereocenters. The molecule has 0 bridgehead atoms. The summed E-state index contributed by atoms with van der Waals surface area (Å²) in [6, 6.07) is 0. The highest BCUT2D eigenvalue weighted by atomic mass is 28.4. The number of rotatable bonds is 7. The van der Waals surface area contributed by atoms with Gasteiger partial charge in [-0.25, -0.2) is 9.59 Å². The van der Waals surface area contributed by atoms with Gasteiger partial charge in [0.2, 0.25) is 0 Å². The van der Waals surface area contributed by atoms with Gasteiger partial charge in [-0.1, -0.05) is 0 Å². The van der Waals surface area contributed by atoms with E-state index in [9.17, 15) is 9.59 Å². The second kappa shape index (κ2) is 5.96. The van der Waals surface area contributed by atoms with Crippen molar-refractivity contribution in [3.8, 4) is 0 Å². The van der Waals surface area contributed by atoms with Crippen LogP contribution in [0.3, 0.4) is 0 Å². The summed E-state index contributed by atoms with van der Waals surface area (Å²) >= 11 is 0. The first-order chi connectivity index (χ1) is 7.83. The van der Waals surface area contributed by atoms with Gasteiger partial charge < -0.3 is 19.1 Å². The van der Waals surface area contributed by atoms with E-state index in [1.165, 1.54) is 0 Å². The molecule has 0 spiro atoms. The van der Waals surface area contributed by atoms with Crippen molar-refractivity contribution in [1.29, 1.82) is 0 Å². The summed E-state index contributed by atoms with van der Waals surface area (Å²) in [5.41, 5.74) is 0. The molecule has 2 N–H and O–H groups in total. The van der Waals surface area contributed by atoms with Crippen molar-refractivity contribution in [3.63, 3.8) is 0 Å². The van der Waals surface area contributed by atoms with Gasteiger partial charge in [-0.15, -0.1) is 0 Å². The molecule has 18 heavy (non-hydrogen) atoms. The van der Waals surface area contributed by atoms with E-state index in [0.717, 1.165) is 0 Å². The Morgan fingerprint density at radius 2 is 1.00 bits per heavy atom. The van der Waals surface area contributed by atoms with E-state index in [0.29, 0.717) is 0 Å². The molecule has 0 radical (unpaired) electrons. The highest BCUT2D eigenvalue weighted by Crippen LogP contribution is 2.17. The van der Waals surface area contributed by atoms with Crippen LogP contribution in [0.4, 0.5) is 0 Å². The normalized spacial score (nSPS) is 16.1. The summed E-state index contributed by atoms with van der Waals surface area (Å²) in [4.78, 5) is 22.4. The SMILES string of the molecule is C[Si](C)(C)O[C@H](C(=O)O)[C@H](O[Si](C)(C)C)C(=O)O. The first kappa shape index (κ1) is 17.3. The fraction of sp³-hybridized carbons (Fsp3) is 0.800. The van der Waals surface area contributed by atoms with E-state index in [-0.39, 0.29) is 0 Å². The molecule has 0 heterocycles. The van der Waals surface area contributed by atoms with E-state index >= 15 is 0 Å². The van der Waals surface area contributed by atoms with E-state index < -0.39 is 40.8 Å². The molecule has 0 fully saturated rings. The summed E-state index contributed by atoms with van der Waals surface area (Å²) in [7, 11) is -4.35. The Labute approximate surface area is 109 Å². The van der Waals surface area contributed by atoms with Crippen molar-refractivity contribution in [2.75, 3.05) is 0 Å². The predicted molar refractivity (Wildman–Crippen MR) is 71.7 cm³/mol. The molecule has 0 aromatic rings. The molecule has 106 valence electrons. The van der Waals surface area contributed by atoms with Crippen molar-refractivity contribution in [2.45, 2.75) is 51.5 Å². The van der Waals surface area contributed by atoms with Gasteiger partial charge in [-0.05, 0) is 39.3 Å². The summed E-state index contributed by atoms with van der Waals surface area (Å²) in [6.45, 7) is 10.8. The van der Waals surface area contributed by atoms with Gasteiger partial charge in [0.25, 0.3) is 0 Å². The average Bonchev–Trinajstić information content (AvgIpc) is 2.06. The van der Waals surface area contributed by atoms with Crippen LogP contribution in [0.5, 0.6) is 0 Å². The molecule has 0 saturated heterocycles. The molecular weight excluding hydrogens is 272 g/mol. The third-order valence-electron chi connectivity index (χ3n) is 1.72. The largest absolute Gasteiger partial charge is 0.479 e. The van der Waals surface area contributed by atoms with Crippen LogP contribution < -0.4 is 0 Å². The minimum Gasteiger partial charge on any atom is -0.479 e. The van der Waals surface area contributed by atoms with Crippen LogP contribution in [0.25, 0.3) is 0 Å². The van der Waals surface area contributed by atoms with Gasteiger partial charge in [-0.3, -0.25) is 0 Å². The van der Waals surface area contributed by atoms with Crippen LogP contribution in [-0.2, 0) is 18.4 Å². The third kappa shape index (κ3) is 6.89. The van der Waals surface area contributed by atoms with Crippen molar-refractivity contribution in [1.82, 2.24) is 0 Å². The summed E-state index contributed by atoms with van der Waals surface area (Å²) in [6.07, 6.45) is -2.92. The van der Waals surface area contributed by atoms with Crippen LogP contribution in [0.15, 0.2) is 0 Å². The lowest BCUT2D eigenvalue weighted by Crippen LogP contribution is -2.51. The molecule has 8 heteroatoms. The maximum Gasteiger partial charge on any atom is 0.334 e. The zero-order chi connectivity index (χ0) is 14.7. The molecule has 0 amide bonds. The molecule has 0 aromatic heterocycles. The Hall–Kier alpha value is -0.706. The van der Waals surface area contributed by atoms with Gasteiger partial charge in [0.1, 0.15) is 0 Å². The minimum atomic E-state index is -2.18. The first-order valence-electron chi connectivity index (χ1n) is 5.65. The highest BCUT2D eigenvalue weighted by molar-refractivity contribution is 6.70. The maximum atomic E-state index is 11.2. The van der Waals surface area contributed by atoms with Crippen molar-refractivity contribution in [3.05, 3.63) is 0 Å². The smallest absolute Gasteiger partial charge is 0.334 e. The quantitative estimate of drug-likeness (QED) is 0.693. The third-order valence-corrected chi connectivity index (χ3v) is 3.64.